The van der Waals surface area contributed by atoms with Crippen molar-refractivity contribution in [1.82, 2.24) is 0 Å². The Bertz CT molecular complexity index is 216. The summed E-state index contributed by atoms with van der Waals surface area (Å²) in [6.07, 6.45) is 1.20. The quantitative estimate of drug-likeness (QED) is 0.614. The summed E-state index contributed by atoms with van der Waals surface area (Å²) in [7, 11) is 1.64. The lowest BCUT2D eigenvalue weighted by Crippen LogP contribution is -2.25. The van der Waals surface area contributed by atoms with Gasteiger partial charge >= 0.3 is 5.97 Å². The van der Waals surface area contributed by atoms with Gasteiger partial charge in [0.15, 0.2) is 0 Å². The molecule has 13 heavy (non-hydrogen) atoms. The van der Waals surface area contributed by atoms with Crippen LogP contribution in [0.15, 0.2) is 0 Å². The van der Waals surface area contributed by atoms with Crippen molar-refractivity contribution in [2.45, 2.75) is 25.0 Å². The molecule has 4 heteroatoms. The van der Waals surface area contributed by atoms with E-state index in [4.69, 9.17) is 14.6 Å². The first kappa shape index (κ1) is 8.97. The SMILES string of the molecule is CO[C@@H]1C[C@@H]2OC(=O)C[C@@H]2[C@H]1CO. The van der Waals surface area contributed by atoms with E-state index < -0.39 is 0 Å². The molecule has 1 heterocycles. The van der Waals surface area contributed by atoms with Crippen LogP contribution in [0.5, 0.6) is 0 Å². The molecule has 2 aliphatic rings. The maximum Gasteiger partial charge on any atom is 0.306 e. The molecule has 0 aromatic carbocycles. The second-order valence-electron chi connectivity index (χ2n) is 3.75. The minimum Gasteiger partial charge on any atom is -0.462 e. The molecule has 1 aliphatic carbocycles. The Hall–Kier alpha value is -0.610. The van der Waals surface area contributed by atoms with Crippen molar-refractivity contribution in [3.8, 4) is 0 Å². The molecule has 4 atom stereocenters. The Balaban J connectivity index is 2.09. The third kappa shape index (κ3) is 1.34. The number of ether oxygens (including phenoxy) is 2. The highest BCUT2D eigenvalue weighted by Crippen LogP contribution is 2.42. The molecule has 0 radical (unpaired) electrons. The third-order valence-electron chi connectivity index (χ3n) is 3.17. The number of methoxy groups -OCH3 is 1. The highest BCUT2D eigenvalue weighted by atomic mass is 16.6. The lowest BCUT2D eigenvalue weighted by atomic mass is 9.93. The molecule has 0 unspecified atom stereocenters. The van der Waals surface area contributed by atoms with Crippen LogP contribution in [0.1, 0.15) is 12.8 Å². The van der Waals surface area contributed by atoms with Crippen LogP contribution in [-0.2, 0) is 14.3 Å². The molecule has 1 saturated carbocycles. The second-order valence-corrected chi connectivity index (χ2v) is 3.75. The van der Waals surface area contributed by atoms with E-state index in [9.17, 15) is 4.79 Å². The van der Waals surface area contributed by atoms with Crippen molar-refractivity contribution in [2.75, 3.05) is 13.7 Å². The third-order valence-corrected chi connectivity index (χ3v) is 3.17. The molecule has 0 bridgehead atoms. The average molecular weight is 186 g/mol. The number of aliphatic hydroxyl groups is 1. The van der Waals surface area contributed by atoms with Crippen molar-refractivity contribution in [3.63, 3.8) is 0 Å². The van der Waals surface area contributed by atoms with Gasteiger partial charge in [-0.1, -0.05) is 0 Å². The summed E-state index contributed by atoms with van der Waals surface area (Å²) >= 11 is 0. The van der Waals surface area contributed by atoms with Gasteiger partial charge in [-0.15, -0.1) is 0 Å². The van der Waals surface area contributed by atoms with Crippen LogP contribution in [-0.4, -0.2) is 37.0 Å². The summed E-state index contributed by atoms with van der Waals surface area (Å²) < 4.78 is 10.4. The van der Waals surface area contributed by atoms with E-state index in [1.807, 2.05) is 0 Å². The first-order chi connectivity index (χ1) is 6.26. The Morgan fingerprint density at radius 2 is 2.46 bits per heavy atom. The number of esters is 1. The highest BCUT2D eigenvalue weighted by molar-refractivity contribution is 5.72. The molecular weight excluding hydrogens is 172 g/mol. The minimum atomic E-state index is -0.136. The van der Waals surface area contributed by atoms with Gasteiger partial charge in [-0.2, -0.15) is 0 Å². The van der Waals surface area contributed by atoms with Crippen molar-refractivity contribution in [3.05, 3.63) is 0 Å². The van der Waals surface area contributed by atoms with Gasteiger partial charge in [0.05, 0.1) is 12.5 Å². The molecule has 0 aromatic rings. The largest absolute Gasteiger partial charge is 0.462 e. The van der Waals surface area contributed by atoms with E-state index in [0.717, 1.165) is 6.42 Å². The Kier molecular flexibility index (Phi) is 2.26. The normalized spacial score (nSPS) is 43.4. The van der Waals surface area contributed by atoms with Crippen molar-refractivity contribution in [2.24, 2.45) is 11.8 Å². The van der Waals surface area contributed by atoms with Crippen LogP contribution in [0.3, 0.4) is 0 Å². The van der Waals surface area contributed by atoms with Crippen LogP contribution < -0.4 is 0 Å². The van der Waals surface area contributed by atoms with E-state index in [-0.39, 0.29) is 36.6 Å². The van der Waals surface area contributed by atoms with E-state index in [1.165, 1.54) is 0 Å². The van der Waals surface area contributed by atoms with Crippen LogP contribution in [0, 0.1) is 11.8 Å². The Morgan fingerprint density at radius 3 is 3.08 bits per heavy atom. The van der Waals surface area contributed by atoms with Crippen molar-refractivity contribution < 1.29 is 19.4 Å². The number of hydrogen-bond acceptors (Lipinski definition) is 4. The predicted molar refractivity (Wildman–Crippen MR) is 44.0 cm³/mol. The number of aliphatic hydroxyl groups excluding tert-OH is 1. The molecule has 1 aliphatic heterocycles. The molecule has 0 amide bonds. The molecule has 4 nitrogen and oxygen atoms in total. The summed E-state index contributed by atoms with van der Waals surface area (Å²) in [6.45, 7) is 0.0797. The van der Waals surface area contributed by atoms with Crippen LogP contribution in [0.2, 0.25) is 0 Å². The fourth-order valence-electron chi connectivity index (χ4n) is 2.48. The summed E-state index contributed by atoms with van der Waals surface area (Å²) in [4.78, 5) is 11.0. The van der Waals surface area contributed by atoms with Crippen LogP contribution in [0.25, 0.3) is 0 Å². The Morgan fingerprint density at radius 1 is 1.69 bits per heavy atom. The van der Waals surface area contributed by atoms with E-state index in [2.05, 4.69) is 0 Å². The topological polar surface area (TPSA) is 55.8 Å². The van der Waals surface area contributed by atoms with E-state index >= 15 is 0 Å². The monoisotopic (exact) mass is 186 g/mol. The molecule has 1 N–H and O–H groups in total. The summed E-state index contributed by atoms with van der Waals surface area (Å²) in [5, 5.41) is 9.15. The van der Waals surface area contributed by atoms with Crippen LogP contribution >= 0.6 is 0 Å². The molecule has 0 spiro atoms. The van der Waals surface area contributed by atoms with Crippen LogP contribution in [0.4, 0.5) is 0 Å². The van der Waals surface area contributed by atoms with Gasteiger partial charge in [0.2, 0.25) is 0 Å². The van der Waals surface area contributed by atoms with Gasteiger partial charge in [0.1, 0.15) is 6.10 Å². The fourth-order valence-corrected chi connectivity index (χ4v) is 2.48. The number of fused-ring (bicyclic) bond motifs is 1. The summed E-state index contributed by atoms with van der Waals surface area (Å²) in [5.74, 6) is 0.104. The zero-order valence-electron chi connectivity index (χ0n) is 7.60. The van der Waals surface area contributed by atoms with Gasteiger partial charge in [0, 0.05) is 32.0 Å². The number of carbonyl (C=O) groups is 1. The first-order valence-corrected chi connectivity index (χ1v) is 4.59. The first-order valence-electron chi connectivity index (χ1n) is 4.59. The maximum absolute atomic E-state index is 11.0. The second kappa shape index (κ2) is 3.27. The minimum absolute atomic E-state index is 0.0189. The molecule has 0 aromatic heterocycles. The maximum atomic E-state index is 11.0. The average Bonchev–Trinajstić information content (AvgIpc) is 2.59. The summed E-state index contributed by atoms with van der Waals surface area (Å²) in [5.41, 5.74) is 0. The molecule has 2 fully saturated rings. The zero-order valence-corrected chi connectivity index (χ0v) is 7.60. The lowest BCUT2D eigenvalue weighted by molar-refractivity contribution is -0.142. The molecular formula is C9H14O4. The lowest BCUT2D eigenvalue weighted by Gasteiger charge is -2.18. The van der Waals surface area contributed by atoms with Crippen molar-refractivity contribution in [1.29, 1.82) is 0 Å². The van der Waals surface area contributed by atoms with Gasteiger partial charge in [-0.25, -0.2) is 0 Å². The fraction of sp³-hybridized carbons (Fsp3) is 0.889. The predicted octanol–water partition coefficient (Wildman–Crippen LogP) is -0.0547. The van der Waals surface area contributed by atoms with Gasteiger partial charge in [-0.3, -0.25) is 4.79 Å². The van der Waals surface area contributed by atoms with Gasteiger partial charge < -0.3 is 14.6 Å². The number of hydrogen-bond donors (Lipinski definition) is 1. The van der Waals surface area contributed by atoms with E-state index in [0.29, 0.717) is 6.42 Å². The zero-order chi connectivity index (χ0) is 9.42. The molecule has 2 rings (SSSR count). The van der Waals surface area contributed by atoms with Gasteiger partial charge in [0.25, 0.3) is 0 Å². The standard InChI is InChI=1S/C9H14O4/c1-12-7-3-8-5(6(7)4-10)2-9(11)13-8/h5-8,10H,2-4H2,1H3/t5-,6-,7-,8+/m1/s1. The van der Waals surface area contributed by atoms with E-state index in [1.54, 1.807) is 7.11 Å². The summed E-state index contributed by atoms with van der Waals surface area (Å²) in [6, 6.07) is 0. The highest BCUT2D eigenvalue weighted by Gasteiger charge is 2.49. The number of carbonyl (C=O) groups excluding carboxylic acids is 1. The molecule has 74 valence electrons. The molecule has 1 saturated heterocycles. The smallest absolute Gasteiger partial charge is 0.306 e. The number of rotatable bonds is 2. The van der Waals surface area contributed by atoms with Crippen molar-refractivity contribution >= 4 is 5.97 Å². The Labute approximate surface area is 76.8 Å². The van der Waals surface area contributed by atoms with Gasteiger partial charge in [-0.05, 0) is 0 Å².